The highest BCUT2D eigenvalue weighted by Crippen LogP contribution is 2.33. The van der Waals surface area contributed by atoms with Gasteiger partial charge in [0.2, 0.25) is 5.95 Å². The van der Waals surface area contributed by atoms with Gasteiger partial charge in [-0.25, -0.2) is 14.2 Å². The Morgan fingerprint density at radius 3 is 2.80 bits per heavy atom. The van der Waals surface area contributed by atoms with Gasteiger partial charge in [0, 0.05) is 42.2 Å². The van der Waals surface area contributed by atoms with Crippen LogP contribution < -0.4 is 19.7 Å². The zero-order valence-corrected chi connectivity index (χ0v) is 20.0. The summed E-state index contributed by atoms with van der Waals surface area (Å²) in [6, 6.07) is 17.5. The quantitative estimate of drug-likeness (QED) is 0.360. The topological polar surface area (TPSA) is 116 Å². The second kappa shape index (κ2) is 10.4. The Bertz CT molecular complexity index is 1360. The van der Waals surface area contributed by atoms with E-state index in [1.54, 1.807) is 13.3 Å². The number of ether oxygens (including phenoxy) is 2. The Balaban J connectivity index is 1.42. The van der Waals surface area contributed by atoms with Crippen molar-refractivity contribution in [2.45, 2.75) is 6.54 Å². The summed E-state index contributed by atoms with van der Waals surface area (Å²) in [5.74, 6) is 1.25. The van der Waals surface area contributed by atoms with Crippen molar-refractivity contribution in [3.8, 4) is 17.0 Å². The maximum atomic E-state index is 10.8. The summed E-state index contributed by atoms with van der Waals surface area (Å²) in [7, 11) is 1.67. The molecule has 5 rings (SSSR count). The van der Waals surface area contributed by atoms with Crippen molar-refractivity contribution in [3.05, 3.63) is 66.4 Å². The normalized spacial score (nSPS) is 14.7. The lowest BCUT2D eigenvalue weighted by Gasteiger charge is -2.30. The molecule has 1 atom stereocenters. The van der Waals surface area contributed by atoms with Gasteiger partial charge in [-0.1, -0.05) is 18.2 Å². The number of hydrogen-bond acceptors (Lipinski definition) is 8. The number of fused-ring (bicyclic) bond motifs is 1. The van der Waals surface area contributed by atoms with Crippen molar-refractivity contribution >= 4 is 34.1 Å². The molecule has 2 aromatic carbocycles. The average molecular weight is 494 g/mol. The van der Waals surface area contributed by atoms with Crippen molar-refractivity contribution in [3.63, 3.8) is 0 Å². The van der Waals surface area contributed by atoms with Crippen LogP contribution >= 0.6 is 0 Å². The van der Waals surface area contributed by atoms with Crippen LogP contribution in [0.1, 0.15) is 5.56 Å². The molecule has 0 spiro atoms. The molecule has 0 radical (unpaired) electrons. The number of rotatable bonds is 8. The van der Waals surface area contributed by atoms with Gasteiger partial charge in [-0.05, 0) is 42.0 Å². The SMILES string of the molecule is COc1ccc(Nc2ncc3ccc(-c4cccc(CNS(=O)[O-])c4)n3n2)cc1N1CCOCC1. The number of nitrogens with zero attached hydrogens (tertiary/aromatic N) is 4. The van der Waals surface area contributed by atoms with E-state index in [9.17, 15) is 8.76 Å². The van der Waals surface area contributed by atoms with Gasteiger partial charge in [0.05, 0.1) is 43.4 Å². The summed E-state index contributed by atoms with van der Waals surface area (Å²) in [5.41, 5.74) is 5.33. The average Bonchev–Trinajstić information content (AvgIpc) is 3.31. The highest BCUT2D eigenvalue weighted by Gasteiger charge is 2.17. The molecule has 1 unspecified atom stereocenters. The zero-order valence-electron chi connectivity index (χ0n) is 19.1. The fourth-order valence-corrected chi connectivity index (χ4v) is 4.39. The highest BCUT2D eigenvalue weighted by atomic mass is 32.2. The molecule has 2 N–H and O–H groups in total. The van der Waals surface area contributed by atoms with Gasteiger partial charge in [-0.3, -0.25) is 4.21 Å². The summed E-state index contributed by atoms with van der Waals surface area (Å²) < 4.78 is 37.0. The van der Waals surface area contributed by atoms with E-state index in [0.29, 0.717) is 19.2 Å². The van der Waals surface area contributed by atoms with Gasteiger partial charge >= 0.3 is 0 Å². The first kappa shape index (κ1) is 23.2. The van der Waals surface area contributed by atoms with Gasteiger partial charge in [0.15, 0.2) is 0 Å². The van der Waals surface area contributed by atoms with Crippen LogP contribution in [-0.4, -0.2) is 56.8 Å². The largest absolute Gasteiger partial charge is 0.760 e. The Morgan fingerprint density at radius 2 is 2.00 bits per heavy atom. The van der Waals surface area contributed by atoms with E-state index in [1.807, 2.05) is 59.1 Å². The van der Waals surface area contributed by atoms with Crippen molar-refractivity contribution in [1.29, 1.82) is 0 Å². The summed E-state index contributed by atoms with van der Waals surface area (Å²) in [4.78, 5) is 6.72. The minimum absolute atomic E-state index is 0.220. The van der Waals surface area contributed by atoms with Gasteiger partial charge in [-0.2, -0.15) is 0 Å². The molecule has 0 aliphatic carbocycles. The lowest BCUT2D eigenvalue weighted by Crippen LogP contribution is -2.36. The maximum Gasteiger partial charge on any atom is 0.245 e. The molecule has 4 aromatic rings. The minimum Gasteiger partial charge on any atom is -0.760 e. The summed E-state index contributed by atoms with van der Waals surface area (Å²) in [6.07, 6.45) is 1.76. The molecule has 0 amide bonds. The van der Waals surface area contributed by atoms with E-state index in [1.165, 1.54) is 0 Å². The van der Waals surface area contributed by atoms with Crippen molar-refractivity contribution < 1.29 is 18.2 Å². The van der Waals surface area contributed by atoms with E-state index in [2.05, 4.69) is 19.9 Å². The first-order chi connectivity index (χ1) is 17.1. The lowest BCUT2D eigenvalue weighted by atomic mass is 10.1. The third-order valence-corrected chi connectivity index (χ3v) is 6.18. The van der Waals surface area contributed by atoms with E-state index < -0.39 is 11.3 Å². The fraction of sp³-hybridized carbons (Fsp3) is 0.250. The van der Waals surface area contributed by atoms with Gasteiger partial charge in [0.1, 0.15) is 5.75 Å². The number of morpholine rings is 1. The van der Waals surface area contributed by atoms with Crippen molar-refractivity contribution in [2.75, 3.05) is 43.6 Å². The van der Waals surface area contributed by atoms with Gasteiger partial charge in [-0.15, -0.1) is 5.10 Å². The number of hydrogen-bond donors (Lipinski definition) is 2. The fourth-order valence-electron chi connectivity index (χ4n) is 4.11. The second-order valence-corrected chi connectivity index (χ2v) is 8.76. The molecular formula is C24H25N6O4S-. The standard InChI is InChI=1S/C24H26N6O4S/c1-33-23-8-5-19(14-22(23)29-9-11-34-12-10-29)27-24-25-16-20-6-7-21(30(20)28-24)18-4-2-3-17(13-18)15-26-35(31)32/h2-8,13-14,16,26H,9-12,15H2,1H3,(H,27,28)(H,31,32)/p-1. The molecule has 0 saturated carbocycles. The zero-order chi connectivity index (χ0) is 24.2. The van der Waals surface area contributed by atoms with Crippen LogP contribution in [0.4, 0.5) is 17.3 Å². The molecule has 1 saturated heterocycles. The summed E-state index contributed by atoms with van der Waals surface area (Å²) in [5, 5.41) is 8.02. The van der Waals surface area contributed by atoms with Crippen LogP contribution in [0.25, 0.3) is 16.8 Å². The predicted molar refractivity (Wildman–Crippen MR) is 133 cm³/mol. The maximum absolute atomic E-state index is 10.8. The Kier molecular flexibility index (Phi) is 6.91. The van der Waals surface area contributed by atoms with Crippen molar-refractivity contribution in [1.82, 2.24) is 19.3 Å². The molecule has 3 heterocycles. The number of methoxy groups -OCH3 is 1. The molecule has 1 fully saturated rings. The smallest absolute Gasteiger partial charge is 0.245 e. The first-order valence-electron chi connectivity index (χ1n) is 11.2. The van der Waals surface area contributed by atoms with Gasteiger partial charge in [0.25, 0.3) is 0 Å². The van der Waals surface area contributed by atoms with Crippen LogP contribution in [0.2, 0.25) is 0 Å². The van der Waals surface area contributed by atoms with Crippen molar-refractivity contribution in [2.24, 2.45) is 0 Å². The molecule has 182 valence electrons. The van der Waals surface area contributed by atoms with Crippen LogP contribution in [0, 0.1) is 0 Å². The van der Waals surface area contributed by atoms with E-state index in [0.717, 1.165) is 52.6 Å². The Hall–Kier alpha value is -3.51. The van der Waals surface area contributed by atoms with Crippen LogP contribution in [0.15, 0.2) is 60.8 Å². The predicted octanol–water partition coefficient (Wildman–Crippen LogP) is 2.87. The molecule has 11 heteroatoms. The van der Waals surface area contributed by atoms with E-state index in [-0.39, 0.29) is 6.54 Å². The molecule has 10 nitrogen and oxygen atoms in total. The number of nitrogens with one attached hydrogen (secondary N) is 2. The molecular weight excluding hydrogens is 468 g/mol. The third-order valence-electron chi connectivity index (χ3n) is 5.80. The minimum atomic E-state index is -2.31. The third kappa shape index (κ3) is 5.28. The second-order valence-electron chi connectivity index (χ2n) is 8.00. The molecule has 2 aromatic heterocycles. The monoisotopic (exact) mass is 493 g/mol. The lowest BCUT2D eigenvalue weighted by molar-refractivity contribution is 0.122. The van der Waals surface area contributed by atoms with Crippen LogP contribution in [-0.2, 0) is 22.5 Å². The number of anilines is 3. The summed E-state index contributed by atoms with van der Waals surface area (Å²) >= 11 is -2.31. The van der Waals surface area contributed by atoms with Gasteiger partial charge < -0.3 is 24.2 Å². The van der Waals surface area contributed by atoms with E-state index in [4.69, 9.17) is 14.6 Å². The highest BCUT2D eigenvalue weighted by molar-refractivity contribution is 7.77. The molecule has 0 bridgehead atoms. The Labute approximate surface area is 205 Å². The number of aromatic nitrogens is 3. The molecule has 35 heavy (non-hydrogen) atoms. The van der Waals surface area contributed by atoms with E-state index >= 15 is 0 Å². The molecule has 1 aliphatic heterocycles. The first-order valence-corrected chi connectivity index (χ1v) is 12.2. The van der Waals surface area contributed by atoms with Crippen LogP contribution in [0.5, 0.6) is 5.75 Å². The Morgan fingerprint density at radius 1 is 1.14 bits per heavy atom. The number of benzene rings is 2. The van der Waals surface area contributed by atoms with Crippen LogP contribution in [0.3, 0.4) is 0 Å². The molecule has 1 aliphatic rings. The summed E-state index contributed by atoms with van der Waals surface area (Å²) in [6.45, 7) is 3.19.